The Morgan fingerprint density at radius 1 is 0.909 bits per heavy atom. The number of amides is 4. The van der Waals surface area contributed by atoms with Crippen molar-refractivity contribution in [2.24, 2.45) is 0 Å². The quantitative estimate of drug-likeness (QED) is 0.422. The summed E-state index contributed by atoms with van der Waals surface area (Å²) in [5, 5.41) is 2.70. The molecule has 1 aliphatic rings. The van der Waals surface area contributed by atoms with Gasteiger partial charge in [-0.1, -0.05) is 35.4 Å². The van der Waals surface area contributed by atoms with E-state index >= 15 is 0 Å². The molecule has 6 nitrogen and oxygen atoms in total. The Bertz CT molecular complexity index is 1370. The summed E-state index contributed by atoms with van der Waals surface area (Å²) >= 11 is 6.19. The molecule has 3 aromatic rings. The third kappa shape index (κ3) is 3.87. The number of nitrogens with zero attached hydrogens (tertiary/aromatic N) is 2. The third-order valence-electron chi connectivity index (χ3n) is 5.95. The maximum absolute atomic E-state index is 13.3. The number of nitrogens with one attached hydrogen (secondary N) is 1. The molecule has 4 amide bonds. The first-order chi connectivity index (χ1) is 15.6. The molecule has 0 spiro atoms. The van der Waals surface area contributed by atoms with Crippen LogP contribution in [0.5, 0.6) is 0 Å². The molecule has 0 bridgehead atoms. The zero-order valence-corrected chi connectivity index (χ0v) is 19.9. The number of anilines is 1. The van der Waals surface area contributed by atoms with Gasteiger partial charge in [0, 0.05) is 22.1 Å². The van der Waals surface area contributed by atoms with E-state index in [1.54, 1.807) is 31.2 Å². The summed E-state index contributed by atoms with van der Waals surface area (Å²) in [4.78, 5) is 39.4. The molecular weight excluding hydrogens is 438 g/mol. The van der Waals surface area contributed by atoms with Gasteiger partial charge in [0.1, 0.15) is 5.57 Å². The van der Waals surface area contributed by atoms with Gasteiger partial charge in [-0.25, -0.2) is 9.69 Å². The van der Waals surface area contributed by atoms with E-state index in [0.29, 0.717) is 16.3 Å². The Hall–Kier alpha value is -3.64. The van der Waals surface area contributed by atoms with E-state index in [1.807, 2.05) is 39.8 Å². The number of rotatable bonds is 3. The molecule has 2 heterocycles. The molecule has 1 saturated heterocycles. The molecule has 0 saturated carbocycles. The Kier molecular flexibility index (Phi) is 5.72. The minimum atomic E-state index is -0.798. The summed E-state index contributed by atoms with van der Waals surface area (Å²) < 4.78 is 2.09. The van der Waals surface area contributed by atoms with Crippen molar-refractivity contribution in [3.8, 4) is 5.69 Å². The molecule has 7 heteroatoms. The number of imide groups is 2. The summed E-state index contributed by atoms with van der Waals surface area (Å²) in [6, 6.07) is 12.3. The zero-order chi connectivity index (χ0) is 24.0. The van der Waals surface area contributed by atoms with Crippen LogP contribution in [0.15, 0.2) is 48.0 Å². The lowest BCUT2D eigenvalue weighted by molar-refractivity contribution is -0.122. The molecule has 4 rings (SSSR count). The van der Waals surface area contributed by atoms with Crippen LogP contribution in [0.25, 0.3) is 11.8 Å². The maximum atomic E-state index is 13.3. The largest absolute Gasteiger partial charge is 0.335 e. The van der Waals surface area contributed by atoms with Crippen molar-refractivity contribution in [3.63, 3.8) is 0 Å². The fraction of sp³-hybridized carbons (Fsp3) is 0.192. The van der Waals surface area contributed by atoms with Crippen LogP contribution in [-0.4, -0.2) is 22.4 Å². The highest BCUT2D eigenvalue weighted by Crippen LogP contribution is 2.31. The number of benzene rings is 2. The van der Waals surface area contributed by atoms with Crippen molar-refractivity contribution in [3.05, 3.63) is 86.7 Å². The van der Waals surface area contributed by atoms with Crippen LogP contribution in [-0.2, 0) is 9.59 Å². The van der Waals surface area contributed by atoms with Crippen LogP contribution in [0.4, 0.5) is 10.5 Å². The van der Waals surface area contributed by atoms with Crippen molar-refractivity contribution in [1.29, 1.82) is 0 Å². The Morgan fingerprint density at radius 3 is 2.33 bits per heavy atom. The molecule has 2 aromatic carbocycles. The number of aromatic nitrogens is 1. The molecule has 168 valence electrons. The van der Waals surface area contributed by atoms with Gasteiger partial charge in [-0.3, -0.25) is 14.9 Å². The van der Waals surface area contributed by atoms with E-state index in [0.717, 1.165) is 33.1 Å². The van der Waals surface area contributed by atoms with Crippen LogP contribution in [0, 0.1) is 34.6 Å². The van der Waals surface area contributed by atoms with Crippen LogP contribution < -0.4 is 10.2 Å². The second kappa shape index (κ2) is 8.37. The highest BCUT2D eigenvalue weighted by Gasteiger charge is 2.37. The highest BCUT2D eigenvalue weighted by molar-refractivity contribution is 6.40. The van der Waals surface area contributed by atoms with E-state index in [2.05, 4.69) is 22.0 Å². The van der Waals surface area contributed by atoms with Crippen molar-refractivity contribution in [2.45, 2.75) is 34.6 Å². The average Bonchev–Trinajstić information content (AvgIpc) is 3.01. The second-order valence-electron chi connectivity index (χ2n) is 8.29. The number of aryl methyl sites for hydroxylation is 3. The van der Waals surface area contributed by atoms with Crippen LogP contribution >= 0.6 is 11.6 Å². The molecule has 1 aromatic heterocycles. The van der Waals surface area contributed by atoms with E-state index in [4.69, 9.17) is 11.6 Å². The number of urea groups is 1. The molecule has 0 unspecified atom stereocenters. The normalized spacial score (nSPS) is 15.4. The van der Waals surface area contributed by atoms with Crippen LogP contribution in [0.3, 0.4) is 0 Å². The Labute approximate surface area is 197 Å². The van der Waals surface area contributed by atoms with Gasteiger partial charge in [-0.2, -0.15) is 0 Å². The lowest BCUT2D eigenvalue weighted by Gasteiger charge is -2.27. The fourth-order valence-corrected chi connectivity index (χ4v) is 4.40. The van der Waals surface area contributed by atoms with Crippen molar-refractivity contribution in [1.82, 2.24) is 9.88 Å². The van der Waals surface area contributed by atoms with E-state index < -0.39 is 17.8 Å². The number of barbiturate groups is 1. The SMILES string of the molecule is Cc1ccc(-n2c(C)cc(/C=C3\C(=O)NC(=O)N(c4cccc(Cl)c4C)C3=O)c2C)c(C)c1. The van der Waals surface area contributed by atoms with Crippen LogP contribution in [0.2, 0.25) is 5.02 Å². The summed E-state index contributed by atoms with van der Waals surface area (Å²) in [6.45, 7) is 9.73. The number of carbonyl (C=O) groups excluding carboxylic acids is 3. The molecule has 33 heavy (non-hydrogen) atoms. The first-order valence-corrected chi connectivity index (χ1v) is 10.9. The van der Waals surface area contributed by atoms with Gasteiger partial charge in [0.05, 0.1) is 5.69 Å². The standard InChI is InChI=1S/C26H24ClN3O3/c1-14-9-10-22(15(2)11-14)29-16(3)12-19(18(29)5)13-20-24(31)28-26(33)30(25(20)32)23-8-6-7-21(27)17(23)4/h6-13H,1-5H3,(H,28,31,33)/b20-13+. The van der Waals surface area contributed by atoms with Gasteiger partial charge in [0.25, 0.3) is 11.8 Å². The lowest BCUT2D eigenvalue weighted by atomic mass is 10.1. The zero-order valence-electron chi connectivity index (χ0n) is 19.1. The predicted octanol–water partition coefficient (Wildman–Crippen LogP) is 5.34. The molecule has 1 fully saturated rings. The maximum Gasteiger partial charge on any atom is 0.335 e. The smallest absolute Gasteiger partial charge is 0.318 e. The number of hydrogen-bond acceptors (Lipinski definition) is 3. The number of carbonyl (C=O) groups is 3. The highest BCUT2D eigenvalue weighted by atomic mass is 35.5. The summed E-state index contributed by atoms with van der Waals surface area (Å²) in [7, 11) is 0. The first kappa shape index (κ1) is 22.6. The van der Waals surface area contributed by atoms with E-state index in [1.165, 1.54) is 5.56 Å². The minimum Gasteiger partial charge on any atom is -0.318 e. The summed E-state index contributed by atoms with van der Waals surface area (Å²) in [6.07, 6.45) is 1.54. The van der Waals surface area contributed by atoms with Gasteiger partial charge in [-0.05, 0) is 81.7 Å². The van der Waals surface area contributed by atoms with Gasteiger partial charge < -0.3 is 4.57 Å². The second-order valence-corrected chi connectivity index (χ2v) is 8.70. The first-order valence-electron chi connectivity index (χ1n) is 10.5. The van der Waals surface area contributed by atoms with Gasteiger partial charge in [0.2, 0.25) is 0 Å². The molecular formula is C26H24ClN3O3. The molecule has 0 atom stereocenters. The summed E-state index contributed by atoms with van der Waals surface area (Å²) in [5.41, 5.74) is 6.70. The van der Waals surface area contributed by atoms with Crippen molar-refractivity contribution in [2.75, 3.05) is 4.90 Å². The van der Waals surface area contributed by atoms with Crippen molar-refractivity contribution < 1.29 is 14.4 Å². The molecule has 1 N–H and O–H groups in total. The van der Waals surface area contributed by atoms with E-state index in [-0.39, 0.29) is 5.57 Å². The predicted molar refractivity (Wildman–Crippen MR) is 130 cm³/mol. The van der Waals surface area contributed by atoms with E-state index in [9.17, 15) is 14.4 Å². The topological polar surface area (TPSA) is 71.4 Å². The van der Waals surface area contributed by atoms with Gasteiger partial charge in [0.15, 0.2) is 0 Å². The van der Waals surface area contributed by atoms with Gasteiger partial charge >= 0.3 is 6.03 Å². The van der Waals surface area contributed by atoms with Gasteiger partial charge in [-0.15, -0.1) is 0 Å². The number of halogens is 1. The molecule has 0 radical (unpaired) electrons. The number of hydrogen-bond donors (Lipinski definition) is 1. The Balaban J connectivity index is 1.80. The Morgan fingerprint density at radius 2 is 1.64 bits per heavy atom. The van der Waals surface area contributed by atoms with Crippen molar-refractivity contribution >= 4 is 41.2 Å². The molecule has 0 aliphatic carbocycles. The lowest BCUT2D eigenvalue weighted by Crippen LogP contribution is -2.54. The molecule has 1 aliphatic heterocycles. The minimum absolute atomic E-state index is 0.116. The average molecular weight is 462 g/mol. The fourth-order valence-electron chi connectivity index (χ4n) is 4.23. The van der Waals surface area contributed by atoms with Crippen LogP contribution in [0.1, 0.15) is 33.6 Å². The monoisotopic (exact) mass is 461 g/mol. The summed E-state index contributed by atoms with van der Waals surface area (Å²) in [5.74, 6) is -1.41. The third-order valence-corrected chi connectivity index (χ3v) is 6.35.